The Labute approximate surface area is 139 Å². The summed E-state index contributed by atoms with van der Waals surface area (Å²) < 4.78 is 5.77. The lowest BCUT2D eigenvalue weighted by molar-refractivity contribution is 0.261. The molecule has 0 aliphatic carbocycles. The van der Waals surface area contributed by atoms with E-state index in [0.717, 1.165) is 18.6 Å². The SMILES string of the molecule is CCC(C)(CC(C)(C)C)c1ccc(Oc2ccc(N)cn2)cc1. The maximum absolute atomic E-state index is 5.77. The third kappa shape index (κ3) is 4.72. The molecule has 1 heterocycles. The van der Waals surface area contributed by atoms with Crippen molar-refractivity contribution in [1.29, 1.82) is 0 Å². The van der Waals surface area contributed by atoms with Gasteiger partial charge in [-0.1, -0.05) is 46.8 Å². The fraction of sp³-hybridized carbons (Fsp3) is 0.450. The molecule has 0 bridgehead atoms. The van der Waals surface area contributed by atoms with Crippen molar-refractivity contribution >= 4 is 5.69 Å². The highest BCUT2D eigenvalue weighted by molar-refractivity contribution is 5.38. The molecule has 0 saturated carbocycles. The third-order valence-corrected chi connectivity index (χ3v) is 4.23. The van der Waals surface area contributed by atoms with Crippen molar-refractivity contribution in [2.75, 3.05) is 5.73 Å². The van der Waals surface area contributed by atoms with Gasteiger partial charge in [-0.3, -0.25) is 0 Å². The van der Waals surface area contributed by atoms with Gasteiger partial charge < -0.3 is 10.5 Å². The normalized spacial score (nSPS) is 14.3. The summed E-state index contributed by atoms with van der Waals surface area (Å²) in [5, 5.41) is 0. The average molecular weight is 312 g/mol. The Hall–Kier alpha value is -2.03. The molecule has 0 fully saturated rings. The van der Waals surface area contributed by atoms with Crippen molar-refractivity contribution in [1.82, 2.24) is 4.98 Å². The van der Waals surface area contributed by atoms with E-state index in [-0.39, 0.29) is 5.41 Å². The quantitative estimate of drug-likeness (QED) is 0.786. The van der Waals surface area contributed by atoms with Crippen molar-refractivity contribution in [2.24, 2.45) is 5.41 Å². The molecule has 2 aromatic rings. The predicted molar refractivity (Wildman–Crippen MR) is 96.9 cm³/mol. The predicted octanol–water partition coefficient (Wildman–Crippen LogP) is 5.56. The summed E-state index contributed by atoms with van der Waals surface area (Å²) in [6.45, 7) is 11.5. The van der Waals surface area contributed by atoms with Crippen molar-refractivity contribution in [2.45, 2.75) is 52.9 Å². The van der Waals surface area contributed by atoms with Crippen LogP contribution >= 0.6 is 0 Å². The third-order valence-electron chi connectivity index (χ3n) is 4.23. The number of rotatable bonds is 5. The van der Waals surface area contributed by atoms with Gasteiger partial charge in [-0.25, -0.2) is 4.98 Å². The highest BCUT2D eigenvalue weighted by Crippen LogP contribution is 2.39. The Kier molecular flexibility index (Phi) is 4.98. The maximum atomic E-state index is 5.77. The highest BCUT2D eigenvalue weighted by atomic mass is 16.5. The number of aromatic nitrogens is 1. The average Bonchev–Trinajstić information content (AvgIpc) is 2.48. The summed E-state index contributed by atoms with van der Waals surface area (Å²) >= 11 is 0. The van der Waals surface area contributed by atoms with Gasteiger partial charge >= 0.3 is 0 Å². The topological polar surface area (TPSA) is 48.1 Å². The van der Waals surface area contributed by atoms with Crippen LogP contribution in [0.5, 0.6) is 11.6 Å². The standard InChI is InChI=1S/C20H28N2O/c1-6-20(5,14-19(2,3)4)15-7-10-17(11-8-15)23-18-12-9-16(21)13-22-18/h7-13H,6,14,21H2,1-5H3. The van der Waals surface area contributed by atoms with Crippen LogP contribution in [0.1, 0.15) is 53.0 Å². The molecule has 124 valence electrons. The van der Waals surface area contributed by atoms with E-state index in [1.807, 2.05) is 12.1 Å². The Bertz CT molecular complexity index is 626. The number of nitrogen functional groups attached to an aromatic ring is 1. The van der Waals surface area contributed by atoms with Gasteiger partial charge in [0.15, 0.2) is 0 Å². The van der Waals surface area contributed by atoms with Crippen molar-refractivity contribution in [3.8, 4) is 11.6 Å². The second-order valence-corrected chi connectivity index (χ2v) is 7.71. The van der Waals surface area contributed by atoms with E-state index in [0.29, 0.717) is 17.0 Å². The van der Waals surface area contributed by atoms with Crippen molar-refractivity contribution in [3.05, 3.63) is 48.2 Å². The lowest BCUT2D eigenvalue weighted by Crippen LogP contribution is -2.27. The Morgan fingerprint density at radius 1 is 1.00 bits per heavy atom. The summed E-state index contributed by atoms with van der Waals surface area (Å²) in [4.78, 5) is 4.16. The molecule has 1 aromatic carbocycles. The second kappa shape index (κ2) is 6.61. The van der Waals surface area contributed by atoms with E-state index in [1.54, 1.807) is 18.3 Å². The smallest absolute Gasteiger partial charge is 0.219 e. The van der Waals surface area contributed by atoms with Crippen LogP contribution in [-0.2, 0) is 5.41 Å². The molecular formula is C20H28N2O. The van der Waals surface area contributed by atoms with E-state index in [4.69, 9.17) is 10.5 Å². The number of ether oxygens (including phenoxy) is 1. The molecule has 0 saturated heterocycles. The van der Waals surface area contributed by atoms with Gasteiger partial charge in [0, 0.05) is 6.07 Å². The zero-order chi connectivity index (χ0) is 17.1. The van der Waals surface area contributed by atoms with E-state index in [2.05, 4.69) is 51.7 Å². The van der Waals surface area contributed by atoms with Gasteiger partial charge in [-0.05, 0) is 47.4 Å². The molecular weight excluding hydrogens is 284 g/mol. The van der Waals surface area contributed by atoms with E-state index < -0.39 is 0 Å². The minimum atomic E-state index is 0.177. The summed E-state index contributed by atoms with van der Waals surface area (Å²) in [5.74, 6) is 1.35. The number of hydrogen-bond acceptors (Lipinski definition) is 3. The number of anilines is 1. The number of benzene rings is 1. The Morgan fingerprint density at radius 2 is 1.65 bits per heavy atom. The zero-order valence-electron chi connectivity index (χ0n) is 14.9. The van der Waals surface area contributed by atoms with Crippen LogP contribution in [0.15, 0.2) is 42.6 Å². The maximum Gasteiger partial charge on any atom is 0.219 e. The molecule has 0 spiro atoms. The van der Waals surface area contributed by atoms with Crippen LogP contribution in [0.2, 0.25) is 0 Å². The molecule has 2 rings (SSSR count). The molecule has 0 aliphatic heterocycles. The van der Waals surface area contributed by atoms with Crippen molar-refractivity contribution in [3.63, 3.8) is 0 Å². The van der Waals surface area contributed by atoms with Crippen molar-refractivity contribution < 1.29 is 4.74 Å². The lowest BCUT2D eigenvalue weighted by Gasteiger charge is -2.35. The number of nitrogens with zero attached hydrogens (tertiary/aromatic N) is 1. The van der Waals surface area contributed by atoms with Crippen LogP contribution < -0.4 is 10.5 Å². The largest absolute Gasteiger partial charge is 0.439 e. The minimum absolute atomic E-state index is 0.177. The first-order valence-corrected chi connectivity index (χ1v) is 8.22. The Balaban J connectivity index is 2.16. The number of pyridine rings is 1. The van der Waals surface area contributed by atoms with Gasteiger partial charge in [0.05, 0.1) is 11.9 Å². The first-order valence-electron chi connectivity index (χ1n) is 8.22. The second-order valence-electron chi connectivity index (χ2n) is 7.71. The van der Waals surface area contributed by atoms with Gasteiger partial charge in [-0.2, -0.15) is 0 Å². The van der Waals surface area contributed by atoms with Gasteiger partial charge in [0.25, 0.3) is 0 Å². The molecule has 0 radical (unpaired) electrons. The zero-order valence-corrected chi connectivity index (χ0v) is 14.9. The lowest BCUT2D eigenvalue weighted by atomic mass is 9.69. The fourth-order valence-electron chi connectivity index (χ4n) is 3.10. The number of hydrogen-bond donors (Lipinski definition) is 1. The van der Waals surface area contributed by atoms with Gasteiger partial charge in [0.2, 0.25) is 5.88 Å². The fourth-order valence-corrected chi connectivity index (χ4v) is 3.10. The molecule has 3 nitrogen and oxygen atoms in total. The minimum Gasteiger partial charge on any atom is -0.439 e. The summed E-state index contributed by atoms with van der Waals surface area (Å²) in [7, 11) is 0. The highest BCUT2D eigenvalue weighted by Gasteiger charge is 2.30. The first kappa shape index (κ1) is 17.3. The van der Waals surface area contributed by atoms with Crippen LogP contribution in [0.25, 0.3) is 0 Å². The van der Waals surface area contributed by atoms with E-state index in [1.165, 1.54) is 5.56 Å². The van der Waals surface area contributed by atoms with E-state index >= 15 is 0 Å². The summed E-state index contributed by atoms with van der Waals surface area (Å²) in [6, 6.07) is 11.9. The number of nitrogens with two attached hydrogens (primary N) is 1. The molecule has 1 aromatic heterocycles. The molecule has 0 aliphatic rings. The molecule has 2 N–H and O–H groups in total. The van der Waals surface area contributed by atoms with Gasteiger partial charge in [-0.15, -0.1) is 0 Å². The first-order chi connectivity index (χ1) is 10.7. The van der Waals surface area contributed by atoms with Crippen LogP contribution in [0.3, 0.4) is 0 Å². The summed E-state index contributed by atoms with van der Waals surface area (Å²) in [6.07, 6.45) is 3.86. The molecule has 1 atom stereocenters. The van der Waals surface area contributed by atoms with E-state index in [9.17, 15) is 0 Å². The monoisotopic (exact) mass is 312 g/mol. The van der Waals surface area contributed by atoms with Crippen LogP contribution in [-0.4, -0.2) is 4.98 Å². The molecule has 3 heteroatoms. The molecule has 23 heavy (non-hydrogen) atoms. The Morgan fingerprint density at radius 3 is 2.13 bits per heavy atom. The molecule has 0 amide bonds. The molecule has 1 unspecified atom stereocenters. The van der Waals surface area contributed by atoms with Gasteiger partial charge in [0.1, 0.15) is 5.75 Å². The summed E-state index contributed by atoms with van der Waals surface area (Å²) in [5.41, 5.74) is 8.10. The van der Waals surface area contributed by atoms with Crippen LogP contribution in [0.4, 0.5) is 5.69 Å². The van der Waals surface area contributed by atoms with Crippen LogP contribution in [0, 0.1) is 5.41 Å².